The number of aromatic nitrogens is 2. The van der Waals surface area contributed by atoms with Crippen molar-refractivity contribution in [2.75, 3.05) is 11.9 Å². The number of amides is 1. The van der Waals surface area contributed by atoms with E-state index in [1.54, 1.807) is 18.2 Å². The minimum atomic E-state index is -0.312. The molecule has 0 atom stereocenters. The lowest BCUT2D eigenvalue weighted by Crippen LogP contribution is -2.28. The van der Waals surface area contributed by atoms with Gasteiger partial charge in [0.25, 0.3) is 5.91 Å². The minimum absolute atomic E-state index is 0.180. The largest absolute Gasteiger partial charge is 0.467 e. The molecule has 3 rings (SSSR count). The Labute approximate surface area is 169 Å². The number of carbonyl (C=O) groups excluding carboxylic acids is 1. The average Bonchev–Trinajstić information content (AvgIpc) is 2.68. The Morgan fingerprint density at radius 2 is 1.76 bits per heavy atom. The zero-order valence-electron chi connectivity index (χ0n) is 16.6. The van der Waals surface area contributed by atoms with E-state index in [-0.39, 0.29) is 18.3 Å². The first-order valence-corrected chi connectivity index (χ1v) is 9.23. The number of carbonyl (C=O) groups is 1. The van der Waals surface area contributed by atoms with E-state index in [0.717, 1.165) is 16.8 Å². The zero-order chi connectivity index (χ0) is 20.8. The third kappa shape index (κ3) is 6.00. The second-order valence-corrected chi connectivity index (χ2v) is 6.79. The summed E-state index contributed by atoms with van der Waals surface area (Å²) < 4.78 is 18.4. The van der Waals surface area contributed by atoms with Crippen LogP contribution >= 0.6 is 0 Å². The Kier molecular flexibility index (Phi) is 6.39. The molecule has 6 nitrogen and oxygen atoms in total. The van der Waals surface area contributed by atoms with E-state index in [0.29, 0.717) is 24.1 Å². The highest BCUT2D eigenvalue weighted by molar-refractivity contribution is 5.77. The molecule has 7 heteroatoms. The second-order valence-electron chi connectivity index (χ2n) is 6.79. The Bertz CT molecular complexity index is 1010. The van der Waals surface area contributed by atoms with Gasteiger partial charge in [-0.3, -0.25) is 4.79 Å². The Morgan fingerprint density at radius 3 is 2.48 bits per heavy atom. The van der Waals surface area contributed by atoms with Crippen molar-refractivity contribution < 1.29 is 13.9 Å². The molecule has 0 spiro atoms. The molecule has 0 aliphatic carbocycles. The summed E-state index contributed by atoms with van der Waals surface area (Å²) in [5.74, 6) is 0.0951. The van der Waals surface area contributed by atoms with Gasteiger partial charge in [0.2, 0.25) is 11.8 Å². The van der Waals surface area contributed by atoms with E-state index in [1.807, 2.05) is 32.0 Å². The molecular weight excluding hydrogens is 371 g/mol. The average molecular weight is 394 g/mol. The van der Waals surface area contributed by atoms with Gasteiger partial charge in [-0.05, 0) is 61.7 Å². The Hall–Kier alpha value is -3.48. The number of hydrogen-bond donors (Lipinski definition) is 2. The fraction of sp³-hybridized carbons (Fsp3) is 0.227. The maximum atomic E-state index is 12.9. The lowest BCUT2D eigenvalue weighted by molar-refractivity contribution is -0.123. The standard InChI is InChI=1S/C22H23FN4O2/c1-14-4-9-19(10-15(14)2)26-22-25-16(3)11-21(27-22)29-13-20(28)24-12-17-5-7-18(23)8-6-17/h4-11H,12-13H2,1-3H3,(H,24,28)(H,25,26,27). The van der Waals surface area contributed by atoms with Crippen LogP contribution in [0.15, 0.2) is 48.5 Å². The van der Waals surface area contributed by atoms with Crippen LogP contribution in [0, 0.1) is 26.6 Å². The summed E-state index contributed by atoms with van der Waals surface area (Å²) in [7, 11) is 0. The summed E-state index contributed by atoms with van der Waals surface area (Å²) in [6.07, 6.45) is 0. The molecule has 0 bridgehead atoms. The number of ether oxygens (including phenoxy) is 1. The van der Waals surface area contributed by atoms with Gasteiger partial charge in [0.1, 0.15) is 5.82 Å². The van der Waals surface area contributed by atoms with Crippen LogP contribution in [0.4, 0.5) is 16.0 Å². The van der Waals surface area contributed by atoms with E-state index in [1.165, 1.54) is 17.7 Å². The van der Waals surface area contributed by atoms with Gasteiger partial charge in [0.05, 0.1) is 0 Å². The van der Waals surface area contributed by atoms with Crippen molar-refractivity contribution in [1.29, 1.82) is 0 Å². The molecule has 2 N–H and O–H groups in total. The molecule has 0 radical (unpaired) electrons. The molecule has 1 aromatic heterocycles. The SMILES string of the molecule is Cc1cc(OCC(=O)NCc2ccc(F)cc2)nc(Nc2ccc(C)c(C)c2)n1. The van der Waals surface area contributed by atoms with Crippen LogP contribution in [-0.4, -0.2) is 22.5 Å². The Morgan fingerprint density at radius 1 is 1.00 bits per heavy atom. The van der Waals surface area contributed by atoms with Crippen LogP contribution in [0.2, 0.25) is 0 Å². The summed E-state index contributed by atoms with van der Waals surface area (Å²) in [6.45, 7) is 6.03. The third-order valence-electron chi connectivity index (χ3n) is 4.35. The van der Waals surface area contributed by atoms with Crippen molar-refractivity contribution in [3.8, 4) is 5.88 Å². The van der Waals surface area contributed by atoms with Crippen LogP contribution in [0.25, 0.3) is 0 Å². The molecule has 29 heavy (non-hydrogen) atoms. The van der Waals surface area contributed by atoms with Crippen LogP contribution in [0.1, 0.15) is 22.4 Å². The molecule has 1 amide bonds. The van der Waals surface area contributed by atoms with Crippen LogP contribution < -0.4 is 15.4 Å². The number of rotatable bonds is 7. The first-order valence-electron chi connectivity index (χ1n) is 9.23. The molecule has 0 saturated carbocycles. The lowest BCUT2D eigenvalue weighted by atomic mass is 10.1. The van der Waals surface area contributed by atoms with Crippen molar-refractivity contribution in [1.82, 2.24) is 15.3 Å². The molecule has 0 unspecified atom stereocenters. The predicted molar refractivity (Wildman–Crippen MR) is 110 cm³/mol. The monoisotopic (exact) mass is 394 g/mol. The smallest absolute Gasteiger partial charge is 0.258 e. The number of halogens is 1. The summed E-state index contributed by atoms with van der Waals surface area (Å²) in [6, 6.07) is 13.6. The van der Waals surface area contributed by atoms with Gasteiger partial charge < -0.3 is 15.4 Å². The molecule has 0 fully saturated rings. The van der Waals surface area contributed by atoms with Crippen molar-refractivity contribution in [2.45, 2.75) is 27.3 Å². The van der Waals surface area contributed by atoms with E-state index in [4.69, 9.17) is 4.74 Å². The number of benzene rings is 2. The van der Waals surface area contributed by atoms with Gasteiger partial charge in [-0.2, -0.15) is 4.98 Å². The molecular formula is C22H23FN4O2. The first-order chi connectivity index (χ1) is 13.9. The lowest BCUT2D eigenvalue weighted by Gasteiger charge is -2.11. The second kappa shape index (κ2) is 9.14. The van der Waals surface area contributed by atoms with Crippen molar-refractivity contribution in [3.63, 3.8) is 0 Å². The van der Waals surface area contributed by atoms with E-state index in [9.17, 15) is 9.18 Å². The van der Waals surface area contributed by atoms with E-state index in [2.05, 4.69) is 27.5 Å². The highest BCUT2D eigenvalue weighted by Gasteiger charge is 2.08. The molecule has 150 valence electrons. The van der Waals surface area contributed by atoms with Crippen LogP contribution in [-0.2, 0) is 11.3 Å². The maximum Gasteiger partial charge on any atom is 0.258 e. The Balaban J connectivity index is 1.57. The predicted octanol–water partition coefficient (Wildman–Crippen LogP) is 3.98. The molecule has 3 aromatic rings. The number of anilines is 2. The molecule has 0 aliphatic rings. The van der Waals surface area contributed by atoms with Crippen LogP contribution in [0.3, 0.4) is 0 Å². The normalized spacial score (nSPS) is 10.5. The zero-order valence-corrected chi connectivity index (χ0v) is 16.6. The van der Waals surface area contributed by atoms with E-state index >= 15 is 0 Å². The van der Waals surface area contributed by atoms with Gasteiger partial charge in [-0.15, -0.1) is 0 Å². The fourth-order valence-corrected chi connectivity index (χ4v) is 2.61. The minimum Gasteiger partial charge on any atom is -0.467 e. The third-order valence-corrected chi connectivity index (χ3v) is 4.35. The number of aryl methyl sites for hydroxylation is 3. The van der Waals surface area contributed by atoms with E-state index < -0.39 is 0 Å². The first kappa shape index (κ1) is 20.3. The molecule has 1 heterocycles. The van der Waals surface area contributed by atoms with Crippen LogP contribution in [0.5, 0.6) is 5.88 Å². The summed E-state index contributed by atoms with van der Waals surface area (Å²) >= 11 is 0. The molecule has 2 aromatic carbocycles. The van der Waals surface area contributed by atoms with Gasteiger partial charge in [-0.1, -0.05) is 18.2 Å². The summed E-state index contributed by atoms with van der Waals surface area (Å²) in [4.78, 5) is 20.7. The van der Waals surface area contributed by atoms with Crippen molar-refractivity contribution >= 4 is 17.5 Å². The number of hydrogen-bond acceptors (Lipinski definition) is 5. The fourth-order valence-electron chi connectivity index (χ4n) is 2.61. The van der Waals surface area contributed by atoms with Gasteiger partial charge >= 0.3 is 0 Å². The molecule has 0 aliphatic heterocycles. The van der Waals surface area contributed by atoms with Gasteiger partial charge in [0.15, 0.2) is 6.61 Å². The summed E-state index contributed by atoms with van der Waals surface area (Å²) in [5, 5.41) is 5.88. The molecule has 0 saturated heterocycles. The maximum absolute atomic E-state index is 12.9. The van der Waals surface area contributed by atoms with Crippen molar-refractivity contribution in [3.05, 3.63) is 76.7 Å². The number of nitrogens with zero attached hydrogens (tertiary/aromatic N) is 2. The highest BCUT2D eigenvalue weighted by atomic mass is 19.1. The van der Waals surface area contributed by atoms with Crippen molar-refractivity contribution in [2.24, 2.45) is 0 Å². The summed E-state index contributed by atoms with van der Waals surface area (Å²) in [5.41, 5.74) is 4.76. The quantitative estimate of drug-likeness (QED) is 0.634. The van der Waals surface area contributed by atoms with Gasteiger partial charge in [-0.25, -0.2) is 9.37 Å². The van der Waals surface area contributed by atoms with Gasteiger partial charge in [0, 0.05) is 24.0 Å². The number of nitrogens with one attached hydrogen (secondary N) is 2. The topological polar surface area (TPSA) is 76.1 Å². The highest BCUT2D eigenvalue weighted by Crippen LogP contribution is 2.19.